The molecule has 0 radical (unpaired) electrons. The number of halogens is 2. The lowest BCUT2D eigenvalue weighted by atomic mass is 9.77. The van der Waals surface area contributed by atoms with Crippen LogP contribution in [0.1, 0.15) is 73.6 Å². The third-order valence-corrected chi connectivity index (χ3v) is 6.59. The van der Waals surface area contributed by atoms with Crippen molar-refractivity contribution in [1.29, 1.82) is 0 Å². The van der Waals surface area contributed by atoms with Crippen molar-refractivity contribution in [3.8, 4) is 0 Å². The molecule has 2 fully saturated rings. The molecule has 0 atom stereocenters. The van der Waals surface area contributed by atoms with Crippen LogP contribution in [0.5, 0.6) is 0 Å². The standard InChI is InChI=1S/C27H32F2O2/c1-2-6-19-9-11-21(12-10-19)25(28)26(29)24-8-4-3-7-23(24)20-13-15-22(16-14-20)27-30-17-5-18-31-27/h3-4,7-12,20,22,27H,2,5-6,13-18H2,1H3. The molecule has 1 saturated heterocycles. The molecule has 2 nitrogen and oxygen atoms in total. The van der Waals surface area contributed by atoms with Crippen LogP contribution in [0.4, 0.5) is 8.78 Å². The van der Waals surface area contributed by atoms with Gasteiger partial charge in [-0.2, -0.15) is 0 Å². The number of benzene rings is 2. The second-order valence-corrected chi connectivity index (χ2v) is 8.74. The number of rotatable bonds is 6. The number of aryl methyl sites for hydroxylation is 1. The van der Waals surface area contributed by atoms with Crippen molar-refractivity contribution in [3.05, 3.63) is 70.8 Å². The van der Waals surface area contributed by atoms with E-state index in [4.69, 9.17) is 9.47 Å². The predicted molar refractivity (Wildman–Crippen MR) is 121 cm³/mol. The van der Waals surface area contributed by atoms with Crippen LogP contribution in [0.25, 0.3) is 11.7 Å². The Hall–Kier alpha value is -2.04. The average Bonchev–Trinajstić information content (AvgIpc) is 2.84. The summed E-state index contributed by atoms with van der Waals surface area (Å²) in [5, 5.41) is 0. The summed E-state index contributed by atoms with van der Waals surface area (Å²) < 4.78 is 41.9. The summed E-state index contributed by atoms with van der Waals surface area (Å²) in [5.74, 6) is -0.933. The molecule has 2 aromatic carbocycles. The Morgan fingerprint density at radius 1 is 0.871 bits per heavy atom. The van der Waals surface area contributed by atoms with E-state index in [2.05, 4.69) is 6.92 Å². The van der Waals surface area contributed by atoms with E-state index in [1.54, 1.807) is 24.3 Å². The molecule has 2 aliphatic rings. The minimum absolute atomic E-state index is 0.102. The summed E-state index contributed by atoms with van der Waals surface area (Å²) in [6.07, 6.45) is 6.66. The fourth-order valence-electron chi connectivity index (χ4n) is 4.88. The first kappa shape index (κ1) is 22.2. The van der Waals surface area contributed by atoms with Crippen LogP contribution in [0.2, 0.25) is 0 Å². The molecule has 31 heavy (non-hydrogen) atoms. The highest BCUT2D eigenvalue weighted by molar-refractivity contribution is 5.84. The van der Waals surface area contributed by atoms with Gasteiger partial charge in [-0.25, -0.2) is 8.78 Å². The van der Waals surface area contributed by atoms with Crippen molar-refractivity contribution < 1.29 is 18.3 Å². The molecule has 166 valence electrons. The van der Waals surface area contributed by atoms with Crippen LogP contribution in [0.3, 0.4) is 0 Å². The van der Waals surface area contributed by atoms with Gasteiger partial charge in [-0.05, 0) is 55.6 Å². The summed E-state index contributed by atoms with van der Waals surface area (Å²) in [6, 6.07) is 14.5. The number of ether oxygens (including phenoxy) is 2. The van der Waals surface area contributed by atoms with Crippen LogP contribution < -0.4 is 0 Å². The van der Waals surface area contributed by atoms with E-state index in [1.807, 2.05) is 24.3 Å². The maximum absolute atomic E-state index is 15.3. The molecule has 0 N–H and O–H groups in total. The smallest absolute Gasteiger partial charge is 0.166 e. The zero-order chi connectivity index (χ0) is 21.6. The van der Waals surface area contributed by atoms with E-state index in [1.165, 1.54) is 0 Å². The molecule has 0 amide bonds. The maximum Gasteiger partial charge on any atom is 0.166 e. The topological polar surface area (TPSA) is 18.5 Å². The minimum atomic E-state index is -0.784. The van der Waals surface area contributed by atoms with Crippen molar-refractivity contribution in [3.63, 3.8) is 0 Å². The third-order valence-electron chi connectivity index (χ3n) is 6.59. The van der Waals surface area contributed by atoms with E-state index < -0.39 is 11.7 Å². The van der Waals surface area contributed by atoms with Gasteiger partial charge < -0.3 is 9.47 Å². The van der Waals surface area contributed by atoms with Crippen molar-refractivity contribution in [2.24, 2.45) is 5.92 Å². The summed E-state index contributed by atoms with van der Waals surface area (Å²) >= 11 is 0. The predicted octanol–water partition coefficient (Wildman–Crippen LogP) is 7.44. The van der Waals surface area contributed by atoms with Gasteiger partial charge >= 0.3 is 0 Å². The van der Waals surface area contributed by atoms with Gasteiger partial charge in [-0.3, -0.25) is 0 Å². The number of hydrogen-bond acceptors (Lipinski definition) is 2. The summed E-state index contributed by atoms with van der Waals surface area (Å²) in [4.78, 5) is 0. The van der Waals surface area contributed by atoms with Crippen LogP contribution in [0, 0.1) is 5.92 Å². The lowest BCUT2D eigenvalue weighted by molar-refractivity contribution is -0.209. The Labute approximate surface area is 184 Å². The van der Waals surface area contributed by atoms with Crippen molar-refractivity contribution in [2.45, 2.75) is 64.1 Å². The molecule has 1 saturated carbocycles. The molecule has 0 bridgehead atoms. The second kappa shape index (κ2) is 10.5. The van der Waals surface area contributed by atoms with Gasteiger partial charge in [-0.15, -0.1) is 0 Å². The highest BCUT2D eigenvalue weighted by Crippen LogP contribution is 2.42. The van der Waals surface area contributed by atoms with E-state index in [0.717, 1.165) is 69.3 Å². The Morgan fingerprint density at radius 2 is 1.55 bits per heavy atom. The SMILES string of the molecule is CCCc1ccc(C(F)=C(F)c2ccccc2C2CCC(C3OCCCO3)CC2)cc1. The molecule has 0 spiro atoms. The Morgan fingerprint density at radius 3 is 2.23 bits per heavy atom. The summed E-state index contributed by atoms with van der Waals surface area (Å²) in [5.41, 5.74) is 2.72. The Bertz CT molecular complexity index is 876. The fourth-order valence-corrected chi connectivity index (χ4v) is 4.88. The normalized spacial score (nSPS) is 23.5. The molecule has 1 aliphatic carbocycles. The lowest BCUT2D eigenvalue weighted by Crippen LogP contribution is -2.34. The number of hydrogen-bond donors (Lipinski definition) is 0. The van der Waals surface area contributed by atoms with Crippen LogP contribution in [-0.2, 0) is 15.9 Å². The van der Waals surface area contributed by atoms with Crippen LogP contribution in [-0.4, -0.2) is 19.5 Å². The van der Waals surface area contributed by atoms with Gasteiger partial charge in [0.25, 0.3) is 0 Å². The second-order valence-electron chi connectivity index (χ2n) is 8.74. The van der Waals surface area contributed by atoms with E-state index >= 15 is 8.78 Å². The molecule has 1 aliphatic heterocycles. The quantitative estimate of drug-likeness (QED) is 0.447. The molecular formula is C27H32F2O2. The molecule has 0 aromatic heterocycles. The molecule has 1 heterocycles. The third kappa shape index (κ3) is 5.24. The highest BCUT2D eigenvalue weighted by Gasteiger charge is 2.32. The van der Waals surface area contributed by atoms with Gasteiger partial charge in [0.1, 0.15) is 0 Å². The Kier molecular flexibility index (Phi) is 7.52. The maximum atomic E-state index is 15.3. The molecule has 0 unspecified atom stereocenters. The van der Waals surface area contributed by atoms with Gasteiger partial charge in [0.2, 0.25) is 0 Å². The summed E-state index contributed by atoms with van der Waals surface area (Å²) in [6.45, 7) is 3.64. The molecule has 4 heteroatoms. The van der Waals surface area contributed by atoms with Crippen molar-refractivity contribution in [2.75, 3.05) is 13.2 Å². The first-order chi connectivity index (χ1) is 15.2. The van der Waals surface area contributed by atoms with Gasteiger partial charge in [0, 0.05) is 17.0 Å². The zero-order valence-electron chi connectivity index (χ0n) is 18.3. The van der Waals surface area contributed by atoms with E-state index in [-0.39, 0.29) is 12.2 Å². The monoisotopic (exact) mass is 426 g/mol. The fraction of sp³-hybridized carbons (Fsp3) is 0.481. The van der Waals surface area contributed by atoms with E-state index in [9.17, 15) is 0 Å². The molecular weight excluding hydrogens is 394 g/mol. The van der Waals surface area contributed by atoms with Crippen molar-refractivity contribution >= 4 is 11.7 Å². The van der Waals surface area contributed by atoms with Gasteiger partial charge in [-0.1, -0.05) is 61.9 Å². The Balaban J connectivity index is 1.51. The lowest BCUT2D eigenvalue weighted by Gasteiger charge is -2.36. The van der Waals surface area contributed by atoms with E-state index in [0.29, 0.717) is 17.0 Å². The van der Waals surface area contributed by atoms with Gasteiger partial charge in [0.05, 0.1) is 13.2 Å². The average molecular weight is 427 g/mol. The first-order valence-electron chi connectivity index (χ1n) is 11.6. The first-order valence-corrected chi connectivity index (χ1v) is 11.6. The highest BCUT2D eigenvalue weighted by atomic mass is 19.2. The molecule has 2 aromatic rings. The minimum Gasteiger partial charge on any atom is -0.352 e. The van der Waals surface area contributed by atoms with Crippen molar-refractivity contribution in [1.82, 2.24) is 0 Å². The van der Waals surface area contributed by atoms with Crippen LogP contribution in [0.15, 0.2) is 48.5 Å². The van der Waals surface area contributed by atoms with Gasteiger partial charge in [0.15, 0.2) is 17.9 Å². The largest absolute Gasteiger partial charge is 0.352 e. The van der Waals surface area contributed by atoms with Crippen LogP contribution >= 0.6 is 0 Å². The molecule has 4 rings (SSSR count). The zero-order valence-corrected chi connectivity index (χ0v) is 18.3. The summed E-state index contributed by atoms with van der Waals surface area (Å²) in [7, 11) is 0.